The van der Waals surface area contributed by atoms with E-state index >= 15 is 0 Å². The summed E-state index contributed by atoms with van der Waals surface area (Å²) < 4.78 is 0. The molecular weight excluding hydrogens is 232 g/mol. The second kappa shape index (κ2) is 6.67. The highest BCUT2D eigenvalue weighted by Crippen LogP contribution is 2.31. The molecular formula is C17H24N2. The third kappa shape index (κ3) is 3.13. The highest BCUT2D eigenvalue weighted by atomic mass is 14.7. The Hall–Kier alpha value is -1.41. The van der Waals surface area contributed by atoms with Crippen molar-refractivity contribution in [2.24, 2.45) is 11.7 Å². The molecule has 2 aromatic rings. The van der Waals surface area contributed by atoms with Crippen molar-refractivity contribution >= 4 is 10.8 Å². The maximum absolute atomic E-state index is 6.55. The van der Waals surface area contributed by atoms with Crippen LogP contribution in [0.5, 0.6) is 0 Å². The van der Waals surface area contributed by atoms with Crippen molar-refractivity contribution in [3.05, 3.63) is 42.2 Å². The SMILES string of the molecule is CCCC(CCC)C(N)c1cccc2ccncc12. The zero-order chi connectivity index (χ0) is 13.7. The molecule has 102 valence electrons. The number of hydrogen-bond acceptors (Lipinski definition) is 2. The Bertz CT molecular complexity index is 510. The van der Waals surface area contributed by atoms with Gasteiger partial charge in [0.15, 0.2) is 0 Å². The van der Waals surface area contributed by atoms with Crippen LogP contribution in [-0.2, 0) is 0 Å². The number of benzene rings is 1. The van der Waals surface area contributed by atoms with Gasteiger partial charge in [-0.1, -0.05) is 44.9 Å². The Balaban J connectivity index is 2.36. The van der Waals surface area contributed by atoms with Gasteiger partial charge in [0.25, 0.3) is 0 Å². The molecule has 0 saturated carbocycles. The van der Waals surface area contributed by atoms with E-state index in [0.29, 0.717) is 5.92 Å². The van der Waals surface area contributed by atoms with E-state index in [1.807, 2.05) is 12.4 Å². The quantitative estimate of drug-likeness (QED) is 0.829. The Labute approximate surface area is 116 Å². The molecule has 0 radical (unpaired) electrons. The molecule has 1 unspecified atom stereocenters. The molecule has 2 nitrogen and oxygen atoms in total. The number of hydrogen-bond donors (Lipinski definition) is 1. The zero-order valence-corrected chi connectivity index (χ0v) is 12.0. The largest absolute Gasteiger partial charge is 0.324 e. The fourth-order valence-corrected chi connectivity index (χ4v) is 2.93. The van der Waals surface area contributed by atoms with Gasteiger partial charge in [-0.15, -0.1) is 0 Å². The minimum atomic E-state index is 0.118. The van der Waals surface area contributed by atoms with Crippen molar-refractivity contribution in [2.75, 3.05) is 0 Å². The summed E-state index contributed by atoms with van der Waals surface area (Å²) in [6, 6.07) is 8.56. The molecule has 19 heavy (non-hydrogen) atoms. The highest BCUT2D eigenvalue weighted by molar-refractivity contribution is 5.85. The molecule has 0 spiro atoms. The van der Waals surface area contributed by atoms with Crippen LogP contribution in [0.25, 0.3) is 10.8 Å². The average Bonchev–Trinajstić information content (AvgIpc) is 2.46. The second-order valence-corrected chi connectivity index (χ2v) is 5.31. The minimum Gasteiger partial charge on any atom is -0.324 e. The van der Waals surface area contributed by atoms with Crippen LogP contribution in [-0.4, -0.2) is 4.98 Å². The summed E-state index contributed by atoms with van der Waals surface area (Å²) in [5.41, 5.74) is 7.80. The molecule has 1 heterocycles. The van der Waals surface area contributed by atoms with Crippen molar-refractivity contribution in [1.29, 1.82) is 0 Å². The molecule has 0 amide bonds. The number of aromatic nitrogens is 1. The smallest absolute Gasteiger partial charge is 0.0349 e. The van der Waals surface area contributed by atoms with Gasteiger partial charge in [0.1, 0.15) is 0 Å². The molecule has 2 rings (SSSR count). The van der Waals surface area contributed by atoms with Crippen LogP contribution in [0.1, 0.15) is 51.1 Å². The van der Waals surface area contributed by atoms with Crippen molar-refractivity contribution in [3.8, 4) is 0 Å². The first kappa shape index (κ1) is 14.0. The minimum absolute atomic E-state index is 0.118. The van der Waals surface area contributed by atoms with Crippen LogP contribution >= 0.6 is 0 Å². The normalized spacial score (nSPS) is 13.1. The molecule has 0 bridgehead atoms. The van der Waals surface area contributed by atoms with Crippen LogP contribution in [0, 0.1) is 5.92 Å². The summed E-state index contributed by atoms with van der Waals surface area (Å²) in [6.45, 7) is 4.47. The van der Waals surface area contributed by atoms with Gasteiger partial charge in [-0.25, -0.2) is 0 Å². The number of pyridine rings is 1. The monoisotopic (exact) mass is 256 g/mol. The molecule has 0 aliphatic heterocycles. The summed E-state index contributed by atoms with van der Waals surface area (Å²) in [7, 11) is 0. The van der Waals surface area contributed by atoms with Crippen LogP contribution in [0.3, 0.4) is 0 Å². The first-order chi connectivity index (χ1) is 9.27. The van der Waals surface area contributed by atoms with Gasteiger partial charge >= 0.3 is 0 Å². The standard InChI is InChI=1S/C17H24N2/c1-3-6-14(7-4-2)17(18)15-9-5-8-13-10-11-19-12-16(13)15/h5,8-12,14,17H,3-4,6-7,18H2,1-2H3. The molecule has 0 aliphatic rings. The molecule has 0 fully saturated rings. The summed E-state index contributed by atoms with van der Waals surface area (Å²) >= 11 is 0. The van der Waals surface area contributed by atoms with Crippen molar-refractivity contribution in [3.63, 3.8) is 0 Å². The Morgan fingerprint density at radius 2 is 1.84 bits per heavy atom. The lowest BCUT2D eigenvalue weighted by molar-refractivity contribution is 0.370. The molecule has 2 N–H and O–H groups in total. The summed E-state index contributed by atoms with van der Waals surface area (Å²) in [5, 5.41) is 2.43. The van der Waals surface area contributed by atoms with Gasteiger partial charge in [0.2, 0.25) is 0 Å². The Morgan fingerprint density at radius 3 is 2.53 bits per heavy atom. The number of nitrogens with zero attached hydrogens (tertiary/aromatic N) is 1. The molecule has 1 aromatic carbocycles. The predicted molar refractivity (Wildman–Crippen MR) is 82.0 cm³/mol. The fraction of sp³-hybridized carbons (Fsp3) is 0.471. The number of fused-ring (bicyclic) bond motifs is 1. The van der Waals surface area contributed by atoms with Crippen molar-refractivity contribution in [1.82, 2.24) is 4.98 Å². The molecule has 0 aliphatic carbocycles. The van der Waals surface area contributed by atoms with Crippen LogP contribution in [0.4, 0.5) is 0 Å². The lowest BCUT2D eigenvalue weighted by Gasteiger charge is -2.24. The van der Waals surface area contributed by atoms with Crippen LogP contribution < -0.4 is 5.73 Å². The average molecular weight is 256 g/mol. The van der Waals surface area contributed by atoms with Crippen LogP contribution in [0.15, 0.2) is 36.7 Å². The van der Waals surface area contributed by atoms with E-state index in [2.05, 4.69) is 43.1 Å². The van der Waals surface area contributed by atoms with Gasteiger partial charge in [0, 0.05) is 23.8 Å². The first-order valence-electron chi connectivity index (χ1n) is 7.36. The molecule has 2 heteroatoms. The second-order valence-electron chi connectivity index (χ2n) is 5.31. The van der Waals surface area contributed by atoms with E-state index in [1.54, 1.807) is 0 Å². The predicted octanol–water partition coefficient (Wildman–Crippen LogP) is 4.45. The maximum atomic E-state index is 6.55. The molecule has 0 saturated heterocycles. The van der Waals surface area contributed by atoms with E-state index in [1.165, 1.54) is 42.0 Å². The maximum Gasteiger partial charge on any atom is 0.0349 e. The zero-order valence-electron chi connectivity index (χ0n) is 12.0. The number of rotatable bonds is 6. The fourth-order valence-electron chi connectivity index (χ4n) is 2.93. The third-order valence-electron chi connectivity index (χ3n) is 3.90. The van der Waals surface area contributed by atoms with Gasteiger partial charge in [-0.2, -0.15) is 0 Å². The lowest BCUT2D eigenvalue weighted by Crippen LogP contribution is -2.21. The van der Waals surface area contributed by atoms with Gasteiger partial charge in [-0.05, 0) is 35.8 Å². The van der Waals surface area contributed by atoms with Gasteiger partial charge in [0.05, 0.1) is 0 Å². The Morgan fingerprint density at radius 1 is 1.11 bits per heavy atom. The molecule has 1 atom stereocenters. The number of nitrogens with two attached hydrogens (primary N) is 1. The van der Waals surface area contributed by atoms with E-state index in [0.717, 1.165) is 0 Å². The van der Waals surface area contributed by atoms with E-state index in [4.69, 9.17) is 5.73 Å². The van der Waals surface area contributed by atoms with Gasteiger partial charge in [-0.3, -0.25) is 4.98 Å². The highest BCUT2D eigenvalue weighted by Gasteiger charge is 2.19. The summed E-state index contributed by atoms with van der Waals surface area (Å²) in [6.07, 6.45) is 8.58. The molecule has 1 aromatic heterocycles. The van der Waals surface area contributed by atoms with Crippen LogP contribution in [0.2, 0.25) is 0 Å². The third-order valence-corrected chi connectivity index (χ3v) is 3.90. The first-order valence-corrected chi connectivity index (χ1v) is 7.36. The van der Waals surface area contributed by atoms with Crippen molar-refractivity contribution in [2.45, 2.75) is 45.6 Å². The van der Waals surface area contributed by atoms with Gasteiger partial charge < -0.3 is 5.73 Å². The summed E-state index contributed by atoms with van der Waals surface area (Å²) in [4.78, 5) is 4.25. The van der Waals surface area contributed by atoms with Crippen molar-refractivity contribution < 1.29 is 0 Å². The lowest BCUT2D eigenvalue weighted by atomic mass is 9.85. The topological polar surface area (TPSA) is 38.9 Å². The van der Waals surface area contributed by atoms with E-state index in [9.17, 15) is 0 Å². The Kier molecular flexibility index (Phi) is 4.92. The van der Waals surface area contributed by atoms with E-state index in [-0.39, 0.29) is 6.04 Å². The summed E-state index contributed by atoms with van der Waals surface area (Å²) in [5.74, 6) is 0.570. The van der Waals surface area contributed by atoms with E-state index < -0.39 is 0 Å².